The van der Waals surface area contributed by atoms with Gasteiger partial charge in [0.15, 0.2) is 0 Å². The van der Waals surface area contributed by atoms with Crippen LogP contribution in [0.4, 0.5) is 0 Å². The van der Waals surface area contributed by atoms with Crippen molar-refractivity contribution in [1.82, 2.24) is 0 Å². The second kappa shape index (κ2) is 6.68. The maximum atomic E-state index is 10.5. The molecule has 4 nitrogen and oxygen atoms in total. The molecule has 0 aromatic heterocycles. The van der Waals surface area contributed by atoms with E-state index >= 15 is 0 Å². The lowest BCUT2D eigenvalue weighted by atomic mass is 10.1. The molecule has 5 heteroatoms. The molecule has 0 saturated carbocycles. The summed E-state index contributed by atoms with van der Waals surface area (Å²) in [5.74, 6) is 0. The van der Waals surface area contributed by atoms with Crippen LogP contribution >= 0.6 is 0 Å². The van der Waals surface area contributed by atoms with E-state index in [0.29, 0.717) is 19.4 Å². The van der Waals surface area contributed by atoms with E-state index in [1.165, 1.54) is 0 Å². The van der Waals surface area contributed by atoms with Crippen LogP contribution in [0.15, 0.2) is 30.3 Å². The van der Waals surface area contributed by atoms with E-state index in [1.54, 1.807) is 0 Å². The van der Waals surface area contributed by atoms with Crippen molar-refractivity contribution in [3.63, 3.8) is 0 Å². The highest BCUT2D eigenvalue weighted by molar-refractivity contribution is 7.74. The standard InChI is InChI=1S/C10H15NO3S/c11-7-6-10(14-15(12)13)8-9-4-2-1-3-5-9/h1-5,10H,6-8,11H2,(H,12,13). The summed E-state index contributed by atoms with van der Waals surface area (Å²) in [6, 6.07) is 9.67. The zero-order valence-corrected chi connectivity index (χ0v) is 9.15. The average molecular weight is 229 g/mol. The van der Waals surface area contributed by atoms with Gasteiger partial charge in [-0.3, -0.25) is 8.74 Å². The predicted octanol–water partition coefficient (Wildman–Crippen LogP) is 1.10. The van der Waals surface area contributed by atoms with E-state index in [-0.39, 0.29) is 6.10 Å². The molecule has 0 amide bonds. The van der Waals surface area contributed by atoms with Crippen molar-refractivity contribution in [1.29, 1.82) is 0 Å². The molecule has 0 heterocycles. The SMILES string of the molecule is NCCC(Cc1ccccc1)OS(=O)O. The van der Waals surface area contributed by atoms with Gasteiger partial charge >= 0.3 is 11.4 Å². The predicted molar refractivity (Wildman–Crippen MR) is 59.5 cm³/mol. The van der Waals surface area contributed by atoms with Crippen LogP contribution in [0.25, 0.3) is 0 Å². The Morgan fingerprint density at radius 3 is 2.60 bits per heavy atom. The number of benzene rings is 1. The van der Waals surface area contributed by atoms with Gasteiger partial charge in [0.2, 0.25) is 0 Å². The van der Waals surface area contributed by atoms with E-state index in [4.69, 9.17) is 14.5 Å². The van der Waals surface area contributed by atoms with Crippen LogP contribution in [0.5, 0.6) is 0 Å². The lowest BCUT2D eigenvalue weighted by Gasteiger charge is -2.13. The maximum absolute atomic E-state index is 10.5. The third kappa shape index (κ3) is 5.03. The molecule has 0 aliphatic heterocycles. The quantitative estimate of drug-likeness (QED) is 0.716. The molecule has 2 unspecified atom stereocenters. The fourth-order valence-corrected chi connectivity index (χ4v) is 1.76. The number of hydrogen-bond acceptors (Lipinski definition) is 3. The van der Waals surface area contributed by atoms with Crippen LogP contribution in [-0.4, -0.2) is 21.4 Å². The summed E-state index contributed by atoms with van der Waals surface area (Å²) in [5.41, 5.74) is 6.47. The molecule has 0 saturated heterocycles. The first-order chi connectivity index (χ1) is 7.22. The summed E-state index contributed by atoms with van der Waals surface area (Å²) >= 11 is -2.23. The molecule has 0 fully saturated rings. The fourth-order valence-electron chi connectivity index (χ4n) is 1.36. The summed E-state index contributed by atoms with van der Waals surface area (Å²) in [5, 5.41) is 0. The Hall–Kier alpha value is -0.750. The van der Waals surface area contributed by atoms with E-state index in [9.17, 15) is 4.21 Å². The summed E-state index contributed by atoms with van der Waals surface area (Å²) < 4.78 is 24.0. The van der Waals surface area contributed by atoms with Gasteiger partial charge in [0.1, 0.15) is 0 Å². The molecule has 0 aliphatic rings. The van der Waals surface area contributed by atoms with E-state index in [1.807, 2.05) is 30.3 Å². The van der Waals surface area contributed by atoms with Crippen molar-refractivity contribution in [3.05, 3.63) is 35.9 Å². The van der Waals surface area contributed by atoms with Crippen molar-refractivity contribution in [3.8, 4) is 0 Å². The molecule has 3 N–H and O–H groups in total. The first-order valence-corrected chi connectivity index (χ1v) is 5.77. The summed E-state index contributed by atoms with van der Waals surface area (Å²) in [7, 11) is 0. The summed E-state index contributed by atoms with van der Waals surface area (Å²) in [6.45, 7) is 0.439. The smallest absolute Gasteiger partial charge is 0.302 e. The van der Waals surface area contributed by atoms with Gasteiger partial charge in [-0.15, -0.1) is 0 Å². The minimum atomic E-state index is -2.23. The van der Waals surface area contributed by atoms with Gasteiger partial charge in [-0.25, -0.2) is 0 Å². The van der Waals surface area contributed by atoms with Gasteiger partial charge in [-0.1, -0.05) is 30.3 Å². The van der Waals surface area contributed by atoms with Gasteiger partial charge in [0, 0.05) is 6.42 Å². The molecule has 2 atom stereocenters. The molecule has 1 aromatic carbocycles. The Morgan fingerprint density at radius 2 is 2.07 bits per heavy atom. The molecule has 0 bridgehead atoms. The van der Waals surface area contributed by atoms with E-state index < -0.39 is 11.4 Å². The number of rotatable bonds is 6. The van der Waals surface area contributed by atoms with Gasteiger partial charge in [-0.2, -0.15) is 4.21 Å². The Kier molecular flexibility index (Phi) is 5.49. The number of hydrogen-bond donors (Lipinski definition) is 2. The maximum Gasteiger partial charge on any atom is 0.302 e. The highest BCUT2D eigenvalue weighted by atomic mass is 32.2. The largest absolute Gasteiger partial charge is 0.330 e. The number of nitrogens with two attached hydrogens (primary N) is 1. The Balaban J connectivity index is 2.54. The van der Waals surface area contributed by atoms with Crippen LogP contribution in [0.2, 0.25) is 0 Å². The second-order valence-corrected chi connectivity index (χ2v) is 3.83. The van der Waals surface area contributed by atoms with E-state index in [0.717, 1.165) is 5.56 Å². The molecule has 15 heavy (non-hydrogen) atoms. The lowest BCUT2D eigenvalue weighted by molar-refractivity contribution is 0.196. The lowest BCUT2D eigenvalue weighted by Crippen LogP contribution is -2.21. The van der Waals surface area contributed by atoms with Gasteiger partial charge in [0.25, 0.3) is 0 Å². The molecule has 84 valence electrons. The van der Waals surface area contributed by atoms with Crippen molar-refractivity contribution in [2.24, 2.45) is 5.73 Å². The molecule has 1 rings (SSSR count). The molecule has 0 spiro atoms. The average Bonchev–Trinajstić information content (AvgIpc) is 2.18. The first kappa shape index (κ1) is 12.3. The van der Waals surface area contributed by atoms with Crippen molar-refractivity contribution in [2.45, 2.75) is 18.9 Å². The van der Waals surface area contributed by atoms with Crippen LogP contribution in [0.3, 0.4) is 0 Å². The molecular weight excluding hydrogens is 214 g/mol. The molecule has 1 aromatic rings. The zero-order valence-electron chi connectivity index (χ0n) is 8.33. The van der Waals surface area contributed by atoms with E-state index in [2.05, 4.69) is 0 Å². The van der Waals surface area contributed by atoms with Crippen LogP contribution in [-0.2, 0) is 22.0 Å². The van der Waals surface area contributed by atoms with Gasteiger partial charge < -0.3 is 5.73 Å². The van der Waals surface area contributed by atoms with Crippen molar-refractivity contribution >= 4 is 11.4 Å². The first-order valence-electron chi connectivity index (χ1n) is 4.74. The molecular formula is C10H15NO3S. The highest BCUT2D eigenvalue weighted by Gasteiger charge is 2.12. The normalized spacial score (nSPS) is 14.8. The van der Waals surface area contributed by atoms with Crippen molar-refractivity contribution in [2.75, 3.05) is 6.54 Å². The summed E-state index contributed by atoms with van der Waals surface area (Å²) in [4.78, 5) is 0. The highest BCUT2D eigenvalue weighted by Crippen LogP contribution is 2.09. The van der Waals surface area contributed by atoms with Crippen LogP contribution in [0, 0.1) is 0 Å². The third-order valence-electron chi connectivity index (χ3n) is 2.01. The second-order valence-electron chi connectivity index (χ2n) is 3.20. The Labute approximate surface area is 91.9 Å². The molecule has 0 aliphatic carbocycles. The minimum absolute atomic E-state index is 0.303. The van der Waals surface area contributed by atoms with Gasteiger partial charge in [0.05, 0.1) is 6.10 Å². The van der Waals surface area contributed by atoms with Crippen LogP contribution < -0.4 is 5.73 Å². The van der Waals surface area contributed by atoms with Gasteiger partial charge in [-0.05, 0) is 18.5 Å². The van der Waals surface area contributed by atoms with Crippen molar-refractivity contribution < 1.29 is 12.9 Å². The Morgan fingerprint density at radius 1 is 1.40 bits per heavy atom. The Bertz CT molecular complexity index is 305. The summed E-state index contributed by atoms with van der Waals surface area (Å²) in [6.07, 6.45) is 0.870. The zero-order chi connectivity index (χ0) is 11.1. The molecule has 0 radical (unpaired) electrons. The third-order valence-corrected chi connectivity index (χ3v) is 2.45. The topological polar surface area (TPSA) is 72.5 Å². The monoisotopic (exact) mass is 229 g/mol. The minimum Gasteiger partial charge on any atom is -0.330 e. The fraction of sp³-hybridized carbons (Fsp3) is 0.400. The van der Waals surface area contributed by atoms with Crippen LogP contribution in [0.1, 0.15) is 12.0 Å².